The van der Waals surface area contributed by atoms with Gasteiger partial charge in [0.25, 0.3) is 5.91 Å². The van der Waals surface area contributed by atoms with E-state index in [9.17, 15) is 4.79 Å². The van der Waals surface area contributed by atoms with Gasteiger partial charge in [0.05, 0.1) is 0 Å². The molecule has 0 atom stereocenters. The van der Waals surface area contributed by atoms with Gasteiger partial charge in [0, 0.05) is 15.7 Å². The number of aromatic nitrogens is 2. The van der Waals surface area contributed by atoms with Crippen LogP contribution in [0.4, 0.5) is 5.69 Å². The third-order valence-corrected chi connectivity index (χ3v) is 4.52. The second kappa shape index (κ2) is 6.37. The van der Waals surface area contributed by atoms with Crippen LogP contribution in [0.3, 0.4) is 0 Å². The van der Waals surface area contributed by atoms with Gasteiger partial charge in [-0.2, -0.15) is 0 Å². The van der Waals surface area contributed by atoms with Gasteiger partial charge in [0.15, 0.2) is 0 Å². The molecule has 0 aliphatic heterocycles. The van der Waals surface area contributed by atoms with Crippen molar-refractivity contribution in [2.45, 2.75) is 6.92 Å². The van der Waals surface area contributed by atoms with E-state index < -0.39 is 0 Å². The molecule has 1 amide bonds. The number of hydrogen-bond acceptors (Lipinski definition) is 4. The normalized spacial score (nSPS) is 10.5. The van der Waals surface area contributed by atoms with E-state index in [0.29, 0.717) is 5.01 Å². The number of nitrogens with one attached hydrogen (secondary N) is 1. The number of anilines is 1. The first kappa shape index (κ1) is 14.9. The third kappa shape index (κ3) is 3.40. The van der Waals surface area contributed by atoms with Gasteiger partial charge in [-0.1, -0.05) is 57.1 Å². The lowest BCUT2D eigenvalue weighted by molar-refractivity contribution is 0.102. The maximum atomic E-state index is 12.2. The van der Waals surface area contributed by atoms with Gasteiger partial charge in [-0.05, 0) is 31.2 Å². The molecule has 1 aromatic heterocycles. The highest BCUT2D eigenvalue weighted by Crippen LogP contribution is 2.25. The molecular weight excluding hydrogens is 362 g/mol. The molecule has 110 valence electrons. The summed E-state index contributed by atoms with van der Waals surface area (Å²) in [6.07, 6.45) is 0. The summed E-state index contributed by atoms with van der Waals surface area (Å²) in [5, 5.41) is 11.9. The number of carbonyl (C=O) groups excluding carboxylic acids is 1. The average molecular weight is 374 g/mol. The first-order valence-electron chi connectivity index (χ1n) is 6.59. The first-order valence-corrected chi connectivity index (χ1v) is 8.20. The second-order valence-electron chi connectivity index (χ2n) is 4.74. The summed E-state index contributed by atoms with van der Waals surface area (Å²) in [5.41, 5.74) is 2.83. The van der Waals surface area contributed by atoms with Gasteiger partial charge in [-0.3, -0.25) is 4.79 Å². The molecule has 0 spiro atoms. The number of hydrogen-bond donors (Lipinski definition) is 1. The fourth-order valence-corrected chi connectivity index (χ4v) is 2.85. The van der Waals surface area contributed by atoms with Crippen molar-refractivity contribution in [1.29, 1.82) is 0 Å². The maximum absolute atomic E-state index is 12.2. The molecule has 0 fully saturated rings. The topological polar surface area (TPSA) is 54.9 Å². The molecule has 0 saturated heterocycles. The number of amides is 1. The minimum Gasteiger partial charge on any atom is -0.320 e. The summed E-state index contributed by atoms with van der Waals surface area (Å²) in [6.45, 7) is 2.00. The maximum Gasteiger partial charge on any atom is 0.286 e. The standard InChI is InChI=1S/C16H12BrN3OS/c1-10-2-8-13(9-3-10)18-14(21)16-20-19-15(22-16)11-4-6-12(17)7-5-11/h2-9H,1H3,(H,18,21). The molecule has 0 radical (unpaired) electrons. The summed E-state index contributed by atoms with van der Waals surface area (Å²) in [7, 11) is 0. The van der Waals surface area contributed by atoms with E-state index in [0.717, 1.165) is 26.3 Å². The zero-order chi connectivity index (χ0) is 15.5. The molecule has 0 unspecified atom stereocenters. The minimum absolute atomic E-state index is 0.246. The van der Waals surface area contributed by atoms with Gasteiger partial charge in [0.2, 0.25) is 5.01 Å². The van der Waals surface area contributed by atoms with Crippen LogP contribution in [0.2, 0.25) is 0 Å². The molecule has 0 bridgehead atoms. The molecular formula is C16H12BrN3OS. The molecule has 1 heterocycles. The van der Waals surface area contributed by atoms with E-state index in [1.54, 1.807) is 0 Å². The zero-order valence-electron chi connectivity index (χ0n) is 11.7. The number of benzene rings is 2. The van der Waals surface area contributed by atoms with E-state index in [1.807, 2.05) is 55.5 Å². The minimum atomic E-state index is -0.246. The number of halogens is 1. The fourth-order valence-electron chi connectivity index (χ4n) is 1.85. The molecule has 4 nitrogen and oxygen atoms in total. The molecule has 0 aliphatic carbocycles. The molecule has 0 aliphatic rings. The molecule has 2 aromatic carbocycles. The molecule has 6 heteroatoms. The first-order chi connectivity index (χ1) is 10.6. The Hall–Kier alpha value is -2.05. The van der Waals surface area contributed by atoms with Crippen LogP contribution in [0.15, 0.2) is 53.0 Å². The lowest BCUT2D eigenvalue weighted by Crippen LogP contribution is -2.11. The highest BCUT2D eigenvalue weighted by Gasteiger charge is 2.14. The quantitative estimate of drug-likeness (QED) is 0.733. The largest absolute Gasteiger partial charge is 0.320 e. The van der Waals surface area contributed by atoms with E-state index in [4.69, 9.17) is 0 Å². The van der Waals surface area contributed by atoms with Crippen molar-refractivity contribution < 1.29 is 4.79 Å². The highest BCUT2D eigenvalue weighted by molar-refractivity contribution is 9.10. The summed E-state index contributed by atoms with van der Waals surface area (Å²) in [5.74, 6) is -0.246. The predicted octanol–water partition coefficient (Wildman–Crippen LogP) is 4.53. The third-order valence-electron chi connectivity index (χ3n) is 3.02. The summed E-state index contributed by atoms with van der Waals surface area (Å²) in [6, 6.07) is 15.4. The van der Waals surface area contributed by atoms with Gasteiger partial charge >= 0.3 is 0 Å². The van der Waals surface area contributed by atoms with Gasteiger partial charge < -0.3 is 5.32 Å². The van der Waals surface area contributed by atoms with Crippen molar-refractivity contribution in [1.82, 2.24) is 10.2 Å². The Morgan fingerprint density at radius 2 is 1.73 bits per heavy atom. The van der Waals surface area contributed by atoms with E-state index in [1.165, 1.54) is 11.3 Å². The van der Waals surface area contributed by atoms with E-state index in [2.05, 4.69) is 31.4 Å². The van der Waals surface area contributed by atoms with Crippen molar-refractivity contribution in [3.8, 4) is 10.6 Å². The average Bonchev–Trinajstić information content (AvgIpc) is 3.00. The Kier molecular flexibility index (Phi) is 4.31. The highest BCUT2D eigenvalue weighted by atomic mass is 79.9. The van der Waals surface area contributed by atoms with Crippen LogP contribution in [-0.4, -0.2) is 16.1 Å². The van der Waals surface area contributed by atoms with Crippen LogP contribution in [0.5, 0.6) is 0 Å². The van der Waals surface area contributed by atoms with Gasteiger partial charge in [-0.25, -0.2) is 0 Å². The Bertz CT molecular complexity index is 797. The molecule has 0 saturated carbocycles. The summed E-state index contributed by atoms with van der Waals surface area (Å²) >= 11 is 4.66. The monoisotopic (exact) mass is 373 g/mol. The number of nitrogens with zero attached hydrogens (tertiary/aromatic N) is 2. The fraction of sp³-hybridized carbons (Fsp3) is 0.0625. The Morgan fingerprint density at radius 3 is 2.41 bits per heavy atom. The van der Waals surface area contributed by atoms with E-state index >= 15 is 0 Å². The van der Waals surface area contributed by atoms with E-state index in [-0.39, 0.29) is 5.91 Å². The molecule has 3 aromatic rings. The van der Waals surface area contributed by atoms with Gasteiger partial charge in [-0.15, -0.1) is 10.2 Å². The van der Waals surface area contributed by atoms with Crippen LogP contribution < -0.4 is 5.32 Å². The van der Waals surface area contributed by atoms with Crippen molar-refractivity contribution in [2.24, 2.45) is 0 Å². The summed E-state index contributed by atoms with van der Waals surface area (Å²) in [4.78, 5) is 12.2. The van der Waals surface area contributed by atoms with Crippen molar-refractivity contribution in [2.75, 3.05) is 5.32 Å². The molecule has 1 N–H and O–H groups in total. The second-order valence-corrected chi connectivity index (χ2v) is 6.63. The van der Waals surface area contributed by atoms with Crippen LogP contribution in [0, 0.1) is 6.92 Å². The smallest absolute Gasteiger partial charge is 0.286 e. The zero-order valence-corrected chi connectivity index (χ0v) is 14.1. The lowest BCUT2D eigenvalue weighted by atomic mass is 10.2. The number of carbonyl (C=O) groups is 1. The lowest BCUT2D eigenvalue weighted by Gasteiger charge is -2.02. The van der Waals surface area contributed by atoms with Crippen LogP contribution in [-0.2, 0) is 0 Å². The number of rotatable bonds is 3. The van der Waals surface area contributed by atoms with Crippen molar-refractivity contribution in [3.05, 3.63) is 63.6 Å². The molecule has 22 heavy (non-hydrogen) atoms. The number of aryl methyl sites for hydroxylation is 1. The Morgan fingerprint density at radius 1 is 1.05 bits per heavy atom. The van der Waals surface area contributed by atoms with Gasteiger partial charge in [0.1, 0.15) is 5.01 Å². The molecule has 3 rings (SSSR count). The van der Waals surface area contributed by atoms with Crippen LogP contribution in [0.1, 0.15) is 15.4 Å². The SMILES string of the molecule is Cc1ccc(NC(=O)c2nnc(-c3ccc(Br)cc3)s2)cc1. The summed E-state index contributed by atoms with van der Waals surface area (Å²) < 4.78 is 0.998. The predicted molar refractivity (Wildman–Crippen MR) is 92.2 cm³/mol. The Balaban J connectivity index is 1.76. The van der Waals surface area contributed by atoms with Crippen molar-refractivity contribution in [3.63, 3.8) is 0 Å². The Labute approximate surface area is 140 Å². The van der Waals surface area contributed by atoms with Crippen LogP contribution in [0.25, 0.3) is 10.6 Å². The van der Waals surface area contributed by atoms with Crippen LogP contribution >= 0.6 is 27.3 Å². The van der Waals surface area contributed by atoms with Crippen molar-refractivity contribution >= 4 is 38.9 Å².